The summed E-state index contributed by atoms with van der Waals surface area (Å²) in [6.45, 7) is 6.25. The molecule has 1 saturated heterocycles. The summed E-state index contributed by atoms with van der Waals surface area (Å²) in [6, 6.07) is 5.63. The molecule has 2 atom stereocenters. The van der Waals surface area contributed by atoms with Gasteiger partial charge in [0, 0.05) is 18.0 Å². The summed E-state index contributed by atoms with van der Waals surface area (Å²) in [7, 11) is 3.17. The lowest BCUT2D eigenvalue weighted by atomic mass is 9.86. The number of amides is 1. The lowest BCUT2D eigenvalue weighted by Crippen LogP contribution is -2.47. The van der Waals surface area contributed by atoms with E-state index in [1.54, 1.807) is 19.1 Å². The second kappa shape index (κ2) is 7.30. The monoisotopic (exact) mass is 337 g/mol. The van der Waals surface area contributed by atoms with Gasteiger partial charge in [-0.1, -0.05) is 12.1 Å². The van der Waals surface area contributed by atoms with Crippen LogP contribution in [0.1, 0.15) is 38.7 Å². The van der Waals surface area contributed by atoms with Crippen molar-refractivity contribution in [2.24, 2.45) is 0 Å². The number of likely N-dealkylation sites (tertiary alicyclic amines) is 1. The fourth-order valence-corrected chi connectivity index (χ4v) is 2.99. The number of methoxy groups -OCH3 is 2. The molecular formula is C18H27NO5. The zero-order valence-corrected chi connectivity index (χ0v) is 15.0. The van der Waals surface area contributed by atoms with E-state index in [-0.39, 0.29) is 12.5 Å². The number of benzene rings is 1. The van der Waals surface area contributed by atoms with Gasteiger partial charge in [-0.3, -0.25) is 0 Å². The largest absolute Gasteiger partial charge is 0.493 e. The van der Waals surface area contributed by atoms with Crippen molar-refractivity contribution in [3.8, 4) is 11.5 Å². The van der Waals surface area contributed by atoms with Gasteiger partial charge in [0.05, 0.1) is 26.9 Å². The summed E-state index contributed by atoms with van der Waals surface area (Å²) in [5.74, 6) is 1.15. The highest BCUT2D eigenvalue weighted by atomic mass is 16.6. The van der Waals surface area contributed by atoms with Crippen molar-refractivity contribution in [1.82, 2.24) is 4.90 Å². The minimum Gasteiger partial charge on any atom is -0.493 e. The van der Waals surface area contributed by atoms with Crippen molar-refractivity contribution in [2.75, 3.05) is 27.3 Å². The van der Waals surface area contributed by atoms with Crippen LogP contribution in [0.25, 0.3) is 0 Å². The third-order valence-electron chi connectivity index (χ3n) is 4.07. The van der Waals surface area contributed by atoms with E-state index < -0.39 is 17.8 Å². The van der Waals surface area contributed by atoms with Crippen LogP contribution in [0.2, 0.25) is 0 Å². The SMILES string of the molecule is COc1cccc([C@@H]2CCN(C(=O)OC(C)(C)C)C[C@H]2O)c1OC. The first-order valence-corrected chi connectivity index (χ1v) is 8.13. The van der Waals surface area contributed by atoms with E-state index in [0.29, 0.717) is 24.5 Å². The molecule has 6 nitrogen and oxygen atoms in total. The van der Waals surface area contributed by atoms with Crippen LogP contribution in [-0.2, 0) is 4.74 Å². The zero-order valence-electron chi connectivity index (χ0n) is 15.0. The highest BCUT2D eigenvalue weighted by molar-refractivity contribution is 5.68. The Hall–Kier alpha value is -1.95. The number of carbonyl (C=O) groups excluding carboxylic acids is 1. The molecule has 1 amide bonds. The maximum atomic E-state index is 12.2. The number of piperidine rings is 1. The molecule has 0 spiro atoms. The fraction of sp³-hybridized carbons (Fsp3) is 0.611. The number of β-amino-alcohol motifs (C(OH)–C–C–N with tert-alkyl or cyclic N) is 1. The minimum atomic E-state index is -0.688. The van der Waals surface area contributed by atoms with Gasteiger partial charge >= 0.3 is 6.09 Å². The second-order valence-electron chi connectivity index (χ2n) is 6.97. The van der Waals surface area contributed by atoms with Gasteiger partial charge in [0.2, 0.25) is 0 Å². The molecule has 1 fully saturated rings. The summed E-state index contributed by atoms with van der Waals surface area (Å²) < 4.78 is 16.2. The van der Waals surface area contributed by atoms with E-state index in [9.17, 15) is 9.90 Å². The van der Waals surface area contributed by atoms with Crippen molar-refractivity contribution in [2.45, 2.75) is 44.8 Å². The van der Waals surface area contributed by atoms with Crippen molar-refractivity contribution < 1.29 is 24.1 Å². The molecule has 1 aromatic rings. The molecule has 0 radical (unpaired) electrons. The number of aliphatic hydroxyl groups is 1. The molecule has 24 heavy (non-hydrogen) atoms. The van der Waals surface area contributed by atoms with Crippen LogP contribution in [0.15, 0.2) is 18.2 Å². The molecule has 1 aromatic carbocycles. The van der Waals surface area contributed by atoms with Crippen molar-refractivity contribution >= 4 is 6.09 Å². The lowest BCUT2D eigenvalue weighted by Gasteiger charge is -2.37. The number of hydrogen-bond acceptors (Lipinski definition) is 5. The van der Waals surface area contributed by atoms with Crippen LogP contribution in [0.4, 0.5) is 4.79 Å². The molecule has 0 aliphatic carbocycles. The van der Waals surface area contributed by atoms with E-state index in [0.717, 1.165) is 5.56 Å². The first-order valence-electron chi connectivity index (χ1n) is 8.13. The number of nitrogens with zero attached hydrogens (tertiary/aromatic N) is 1. The predicted octanol–water partition coefficient (Wildman–Crippen LogP) is 2.79. The standard InChI is InChI=1S/C18H27NO5/c1-18(2,3)24-17(21)19-10-9-12(14(20)11-19)13-7-6-8-15(22-4)16(13)23-5/h6-8,12,14,20H,9-11H2,1-5H3/t12-,14+/m0/s1. The molecule has 134 valence electrons. The average molecular weight is 337 g/mol. The summed E-state index contributed by atoms with van der Waals surface area (Å²) in [5, 5.41) is 10.6. The molecule has 0 bridgehead atoms. The molecule has 0 aromatic heterocycles. The summed E-state index contributed by atoms with van der Waals surface area (Å²) in [5.41, 5.74) is 0.350. The van der Waals surface area contributed by atoms with E-state index in [4.69, 9.17) is 14.2 Å². The molecule has 2 rings (SSSR count). The summed E-state index contributed by atoms with van der Waals surface area (Å²) in [4.78, 5) is 13.7. The van der Waals surface area contributed by atoms with Gasteiger partial charge < -0.3 is 24.2 Å². The first kappa shape index (κ1) is 18.4. The topological polar surface area (TPSA) is 68.2 Å². The number of para-hydroxylation sites is 1. The number of rotatable bonds is 3. The Morgan fingerprint density at radius 3 is 2.50 bits per heavy atom. The second-order valence-corrected chi connectivity index (χ2v) is 6.97. The Balaban J connectivity index is 2.13. The molecule has 1 heterocycles. The maximum absolute atomic E-state index is 12.2. The molecule has 6 heteroatoms. The van der Waals surface area contributed by atoms with Crippen LogP contribution in [0.3, 0.4) is 0 Å². The van der Waals surface area contributed by atoms with E-state index in [2.05, 4.69) is 0 Å². The van der Waals surface area contributed by atoms with Crippen LogP contribution >= 0.6 is 0 Å². The number of carbonyl (C=O) groups is 1. The third kappa shape index (κ3) is 4.12. The van der Waals surface area contributed by atoms with Gasteiger partial charge in [-0.05, 0) is 33.3 Å². The Labute approximate surface area is 143 Å². The Bertz CT molecular complexity index is 581. The third-order valence-corrected chi connectivity index (χ3v) is 4.07. The van der Waals surface area contributed by atoms with Gasteiger partial charge in [-0.2, -0.15) is 0 Å². The van der Waals surface area contributed by atoms with Crippen LogP contribution < -0.4 is 9.47 Å². The molecule has 0 saturated carbocycles. The minimum absolute atomic E-state index is 0.117. The van der Waals surface area contributed by atoms with Gasteiger partial charge in [0.25, 0.3) is 0 Å². The van der Waals surface area contributed by atoms with Crippen molar-refractivity contribution in [1.29, 1.82) is 0 Å². The zero-order chi connectivity index (χ0) is 17.9. The highest BCUT2D eigenvalue weighted by Crippen LogP contribution is 2.39. The predicted molar refractivity (Wildman–Crippen MR) is 90.7 cm³/mol. The Morgan fingerprint density at radius 1 is 1.25 bits per heavy atom. The Morgan fingerprint density at radius 2 is 1.96 bits per heavy atom. The van der Waals surface area contributed by atoms with Crippen LogP contribution in [0, 0.1) is 0 Å². The summed E-state index contributed by atoms with van der Waals surface area (Å²) >= 11 is 0. The molecule has 1 aliphatic heterocycles. The van der Waals surface area contributed by atoms with E-state index >= 15 is 0 Å². The highest BCUT2D eigenvalue weighted by Gasteiger charge is 2.35. The fourth-order valence-electron chi connectivity index (χ4n) is 2.99. The summed E-state index contributed by atoms with van der Waals surface area (Å²) in [6.07, 6.45) is -0.450. The van der Waals surface area contributed by atoms with Crippen LogP contribution in [0.5, 0.6) is 11.5 Å². The van der Waals surface area contributed by atoms with Crippen molar-refractivity contribution in [3.05, 3.63) is 23.8 Å². The molecule has 1 N–H and O–H groups in total. The van der Waals surface area contributed by atoms with Gasteiger partial charge in [0.1, 0.15) is 5.60 Å². The Kier molecular flexibility index (Phi) is 5.59. The maximum Gasteiger partial charge on any atom is 0.410 e. The quantitative estimate of drug-likeness (QED) is 0.918. The van der Waals surface area contributed by atoms with E-state index in [1.807, 2.05) is 39.0 Å². The number of ether oxygens (including phenoxy) is 3. The van der Waals surface area contributed by atoms with E-state index in [1.165, 1.54) is 0 Å². The van der Waals surface area contributed by atoms with Crippen molar-refractivity contribution in [3.63, 3.8) is 0 Å². The smallest absolute Gasteiger partial charge is 0.410 e. The number of hydrogen-bond donors (Lipinski definition) is 1. The van der Waals surface area contributed by atoms with Gasteiger partial charge in [-0.15, -0.1) is 0 Å². The first-order chi connectivity index (χ1) is 11.3. The molecule has 0 unspecified atom stereocenters. The van der Waals surface area contributed by atoms with Gasteiger partial charge in [0.15, 0.2) is 11.5 Å². The molecular weight excluding hydrogens is 310 g/mol. The normalized spacial score (nSPS) is 21.3. The molecule has 1 aliphatic rings. The lowest BCUT2D eigenvalue weighted by molar-refractivity contribution is -0.00172. The average Bonchev–Trinajstić information content (AvgIpc) is 2.52. The van der Waals surface area contributed by atoms with Crippen LogP contribution in [-0.4, -0.2) is 55.1 Å². The van der Waals surface area contributed by atoms with Gasteiger partial charge in [-0.25, -0.2) is 4.79 Å². The number of aliphatic hydroxyl groups excluding tert-OH is 1.